The lowest BCUT2D eigenvalue weighted by atomic mass is 10.2. The van der Waals surface area contributed by atoms with Crippen molar-refractivity contribution in [3.8, 4) is 5.75 Å². The highest BCUT2D eigenvalue weighted by molar-refractivity contribution is 6.29. The normalized spacial score (nSPS) is 14.3. The van der Waals surface area contributed by atoms with Crippen LogP contribution in [0.25, 0.3) is 0 Å². The van der Waals surface area contributed by atoms with Gasteiger partial charge in [-0.05, 0) is 24.3 Å². The zero-order valence-corrected chi connectivity index (χ0v) is 16.0. The summed E-state index contributed by atoms with van der Waals surface area (Å²) in [6.45, 7) is 2.80. The molecule has 0 spiro atoms. The number of pyridine rings is 1. The summed E-state index contributed by atoms with van der Waals surface area (Å²) in [5, 5.41) is 0.326. The van der Waals surface area contributed by atoms with Gasteiger partial charge >= 0.3 is 0 Å². The van der Waals surface area contributed by atoms with Crippen molar-refractivity contribution >= 4 is 29.0 Å². The summed E-state index contributed by atoms with van der Waals surface area (Å²) in [7, 11) is 5.42. The smallest absolute Gasteiger partial charge is 0.254 e. The van der Waals surface area contributed by atoms with E-state index < -0.39 is 0 Å². The Morgan fingerprint density at radius 3 is 2.50 bits per heavy atom. The molecular formula is C19H23ClN4O2. The fourth-order valence-corrected chi connectivity index (χ4v) is 3.26. The number of hydrogen-bond acceptors (Lipinski definition) is 5. The van der Waals surface area contributed by atoms with E-state index >= 15 is 0 Å². The Labute approximate surface area is 158 Å². The summed E-state index contributed by atoms with van der Waals surface area (Å²) in [4.78, 5) is 23.0. The molecule has 1 aliphatic heterocycles. The van der Waals surface area contributed by atoms with Crippen molar-refractivity contribution in [3.05, 3.63) is 47.1 Å². The third kappa shape index (κ3) is 3.85. The molecule has 0 saturated carbocycles. The number of benzene rings is 1. The van der Waals surface area contributed by atoms with Crippen LogP contribution >= 0.6 is 11.6 Å². The van der Waals surface area contributed by atoms with Gasteiger partial charge in [-0.3, -0.25) is 4.79 Å². The molecule has 6 nitrogen and oxygen atoms in total. The lowest BCUT2D eigenvalue weighted by molar-refractivity contribution is 0.0746. The SMILES string of the molecule is COc1ccccc1N1CCN(C(=O)c2cc(Cl)nc(N(C)C)c2)CC1. The number of carbonyl (C=O) groups excluding carboxylic acids is 1. The number of nitrogens with zero attached hydrogens (tertiary/aromatic N) is 4. The van der Waals surface area contributed by atoms with E-state index in [0.29, 0.717) is 29.6 Å². The van der Waals surface area contributed by atoms with Crippen LogP contribution in [0.3, 0.4) is 0 Å². The van der Waals surface area contributed by atoms with Crippen LogP contribution in [-0.2, 0) is 0 Å². The minimum atomic E-state index is -0.0166. The molecule has 0 aliphatic carbocycles. The molecule has 0 unspecified atom stereocenters. The molecule has 3 rings (SSSR count). The van der Waals surface area contributed by atoms with Gasteiger partial charge in [0, 0.05) is 45.8 Å². The van der Waals surface area contributed by atoms with Crippen molar-refractivity contribution in [1.82, 2.24) is 9.88 Å². The Morgan fingerprint density at radius 2 is 1.85 bits per heavy atom. The molecule has 0 atom stereocenters. The Morgan fingerprint density at radius 1 is 1.15 bits per heavy atom. The monoisotopic (exact) mass is 374 g/mol. The van der Waals surface area contributed by atoms with E-state index in [2.05, 4.69) is 9.88 Å². The van der Waals surface area contributed by atoms with Crippen molar-refractivity contribution in [2.75, 3.05) is 57.2 Å². The van der Waals surface area contributed by atoms with Crippen molar-refractivity contribution in [1.29, 1.82) is 0 Å². The van der Waals surface area contributed by atoms with Crippen LogP contribution in [0.1, 0.15) is 10.4 Å². The van der Waals surface area contributed by atoms with Crippen LogP contribution in [0, 0.1) is 0 Å². The molecule has 138 valence electrons. The molecule has 26 heavy (non-hydrogen) atoms. The van der Waals surface area contributed by atoms with Crippen molar-refractivity contribution in [2.24, 2.45) is 0 Å². The highest BCUT2D eigenvalue weighted by Gasteiger charge is 2.24. The third-order valence-electron chi connectivity index (χ3n) is 4.48. The molecule has 7 heteroatoms. The number of anilines is 2. The first kappa shape index (κ1) is 18.3. The van der Waals surface area contributed by atoms with Crippen LogP contribution in [0.5, 0.6) is 5.75 Å². The van der Waals surface area contributed by atoms with Crippen LogP contribution in [0.2, 0.25) is 5.15 Å². The maximum absolute atomic E-state index is 12.9. The van der Waals surface area contributed by atoms with E-state index in [1.54, 1.807) is 19.2 Å². The van der Waals surface area contributed by atoms with Gasteiger partial charge in [-0.2, -0.15) is 0 Å². The number of methoxy groups -OCH3 is 1. The van der Waals surface area contributed by atoms with Gasteiger partial charge in [-0.15, -0.1) is 0 Å². The van der Waals surface area contributed by atoms with E-state index in [9.17, 15) is 4.79 Å². The number of hydrogen-bond donors (Lipinski definition) is 0. The molecule has 1 aromatic carbocycles. The molecule has 1 amide bonds. The first-order valence-electron chi connectivity index (χ1n) is 8.51. The van der Waals surface area contributed by atoms with Gasteiger partial charge in [0.2, 0.25) is 0 Å². The number of carbonyl (C=O) groups is 1. The zero-order chi connectivity index (χ0) is 18.7. The van der Waals surface area contributed by atoms with E-state index in [4.69, 9.17) is 16.3 Å². The minimum Gasteiger partial charge on any atom is -0.495 e. The van der Waals surface area contributed by atoms with E-state index in [0.717, 1.165) is 24.5 Å². The van der Waals surface area contributed by atoms with Crippen LogP contribution in [0.4, 0.5) is 11.5 Å². The maximum Gasteiger partial charge on any atom is 0.254 e. The fourth-order valence-electron chi connectivity index (χ4n) is 3.06. The topological polar surface area (TPSA) is 48.9 Å². The highest BCUT2D eigenvalue weighted by atomic mass is 35.5. The lowest BCUT2D eigenvalue weighted by Gasteiger charge is -2.36. The molecule has 1 fully saturated rings. The van der Waals surface area contributed by atoms with Crippen LogP contribution in [-0.4, -0.2) is 63.2 Å². The molecule has 1 saturated heterocycles. The Bertz CT molecular complexity index is 789. The molecule has 0 bridgehead atoms. The molecule has 2 heterocycles. The summed E-state index contributed by atoms with van der Waals surface area (Å²) >= 11 is 6.08. The quantitative estimate of drug-likeness (QED) is 0.770. The van der Waals surface area contributed by atoms with Gasteiger partial charge in [-0.1, -0.05) is 23.7 Å². The lowest BCUT2D eigenvalue weighted by Crippen LogP contribution is -2.48. The number of aromatic nitrogens is 1. The van der Waals surface area contributed by atoms with Gasteiger partial charge in [0.15, 0.2) is 0 Å². The number of rotatable bonds is 4. The van der Waals surface area contributed by atoms with Crippen LogP contribution in [0.15, 0.2) is 36.4 Å². The van der Waals surface area contributed by atoms with E-state index in [1.807, 2.05) is 48.2 Å². The number of piperazine rings is 1. The molecule has 1 aliphatic rings. The van der Waals surface area contributed by atoms with Gasteiger partial charge < -0.3 is 19.4 Å². The summed E-state index contributed by atoms with van der Waals surface area (Å²) in [5.41, 5.74) is 1.63. The Balaban J connectivity index is 1.71. The fraction of sp³-hybridized carbons (Fsp3) is 0.368. The Hall–Kier alpha value is -2.47. The number of halogens is 1. The predicted molar refractivity (Wildman–Crippen MR) is 105 cm³/mol. The average molecular weight is 375 g/mol. The van der Waals surface area contributed by atoms with E-state index in [1.165, 1.54) is 0 Å². The van der Waals surface area contributed by atoms with Crippen molar-refractivity contribution in [2.45, 2.75) is 0 Å². The summed E-state index contributed by atoms with van der Waals surface area (Å²) in [6.07, 6.45) is 0. The first-order chi connectivity index (χ1) is 12.5. The van der Waals surface area contributed by atoms with Gasteiger partial charge in [0.05, 0.1) is 12.8 Å². The second kappa shape index (κ2) is 7.83. The average Bonchev–Trinajstić information content (AvgIpc) is 2.67. The molecule has 1 aromatic heterocycles. The largest absolute Gasteiger partial charge is 0.495 e. The molecule has 0 radical (unpaired) electrons. The minimum absolute atomic E-state index is 0.0166. The second-order valence-electron chi connectivity index (χ2n) is 6.38. The molecule has 0 N–H and O–H groups in total. The number of amides is 1. The molecular weight excluding hydrogens is 352 g/mol. The zero-order valence-electron chi connectivity index (χ0n) is 15.3. The maximum atomic E-state index is 12.9. The van der Waals surface area contributed by atoms with Gasteiger partial charge in [0.25, 0.3) is 5.91 Å². The summed E-state index contributed by atoms with van der Waals surface area (Å²) in [6, 6.07) is 11.4. The number of ether oxygens (including phenoxy) is 1. The standard InChI is InChI=1S/C19H23ClN4O2/c1-22(2)18-13-14(12-17(20)21-18)19(25)24-10-8-23(9-11-24)15-6-4-5-7-16(15)26-3/h4-7,12-13H,8-11H2,1-3H3. The first-order valence-corrected chi connectivity index (χ1v) is 8.89. The highest BCUT2D eigenvalue weighted by Crippen LogP contribution is 2.28. The van der Waals surface area contributed by atoms with Gasteiger partial charge in [-0.25, -0.2) is 4.98 Å². The summed E-state index contributed by atoms with van der Waals surface area (Å²) < 4.78 is 5.44. The Kier molecular flexibility index (Phi) is 5.52. The number of para-hydroxylation sites is 2. The van der Waals surface area contributed by atoms with Crippen molar-refractivity contribution in [3.63, 3.8) is 0 Å². The van der Waals surface area contributed by atoms with E-state index in [-0.39, 0.29) is 5.91 Å². The second-order valence-corrected chi connectivity index (χ2v) is 6.77. The predicted octanol–water partition coefficient (Wildman–Crippen LogP) is 2.77. The van der Waals surface area contributed by atoms with Gasteiger partial charge in [0.1, 0.15) is 16.7 Å². The molecule has 2 aromatic rings. The van der Waals surface area contributed by atoms with Crippen LogP contribution < -0.4 is 14.5 Å². The van der Waals surface area contributed by atoms with Crippen molar-refractivity contribution < 1.29 is 9.53 Å². The summed E-state index contributed by atoms with van der Waals surface area (Å²) in [5.74, 6) is 1.51. The third-order valence-corrected chi connectivity index (χ3v) is 4.67.